The lowest BCUT2D eigenvalue weighted by atomic mass is 9.98. The van der Waals surface area contributed by atoms with Gasteiger partial charge in [0, 0.05) is 30.2 Å². The van der Waals surface area contributed by atoms with Crippen LogP contribution in [0.5, 0.6) is 0 Å². The molecule has 2 rings (SSSR count). The van der Waals surface area contributed by atoms with Crippen molar-refractivity contribution in [2.24, 2.45) is 17.4 Å². The zero-order chi connectivity index (χ0) is 16.1. The number of aryl methyl sites for hydroxylation is 1. The topological polar surface area (TPSA) is 77.3 Å². The average Bonchev–Trinajstić information content (AvgIpc) is 2.82. The third-order valence-corrected chi connectivity index (χ3v) is 4.03. The fraction of sp³-hybridized carbons (Fsp3) is 0.471. The van der Waals surface area contributed by atoms with Crippen molar-refractivity contribution in [2.45, 2.75) is 19.4 Å². The van der Waals surface area contributed by atoms with Gasteiger partial charge in [0.15, 0.2) is 0 Å². The predicted molar refractivity (Wildman–Crippen MR) is 90.6 cm³/mol. The second kappa shape index (κ2) is 7.42. The van der Waals surface area contributed by atoms with E-state index in [0.29, 0.717) is 6.42 Å². The molecule has 4 N–H and O–H groups in total. The number of para-hydroxylation sites is 1. The van der Waals surface area contributed by atoms with Crippen LogP contribution in [0.25, 0.3) is 10.9 Å². The summed E-state index contributed by atoms with van der Waals surface area (Å²) in [4.78, 5) is 13.6. The first-order chi connectivity index (χ1) is 10.5. The summed E-state index contributed by atoms with van der Waals surface area (Å²) in [5.74, 6) is -0.632. The molecule has 1 aromatic carbocycles. The highest BCUT2D eigenvalue weighted by Crippen LogP contribution is 2.24. The minimum absolute atomic E-state index is 0.287. The number of carbonyl (C=O) groups excluding carboxylic acids is 1. The summed E-state index contributed by atoms with van der Waals surface area (Å²) in [6, 6.07) is 8.29. The van der Waals surface area contributed by atoms with Crippen molar-refractivity contribution in [1.29, 1.82) is 0 Å². The molecule has 1 amide bonds. The normalized spacial score (nSPS) is 12.9. The van der Waals surface area contributed by atoms with Crippen molar-refractivity contribution in [3.8, 4) is 0 Å². The summed E-state index contributed by atoms with van der Waals surface area (Å²) in [5.41, 5.74) is 13.5. The molecule has 5 heteroatoms. The molecule has 1 unspecified atom stereocenters. The number of benzene rings is 1. The van der Waals surface area contributed by atoms with Crippen molar-refractivity contribution < 1.29 is 4.79 Å². The van der Waals surface area contributed by atoms with Gasteiger partial charge in [0.1, 0.15) is 0 Å². The van der Waals surface area contributed by atoms with Gasteiger partial charge in [-0.1, -0.05) is 18.2 Å². The first-order valence-electron chi connectivity index (χ1n) is 7.73. The standard InChI is InChI=1S/C17H26N4O/c1-20(2)8-5-9-21-12-14(10-13(11-18)17(19)22)15-6-3-4-7-16(15)21/h3-4,6-7,12-13H,5,8-11,18H2,1-2H3,(H2,19,22). The van der Waals surface area contributed by atoms with Crippen molar-refractivity contribution in [3.05, 3.63) is 36.0 Å². The molecular weight excluding hydrogens is 276 g/mol. The molecule has 2 aromatic rings. The van der Waals surface area contributed by atoms with E-state index < -0.39 is 0 Å². The molecular formula is C17H26N4O. The van der Waals surface area contributed by atoms with Gasteiger partial charge in [0.25, 0.3) is 0 Å². The zero-order valence-corrected chi connectivity index (χ0v) is 13.5. The molecule has 1 atom stereocenters. The molecule has 120 valence electrons. The van der Waals surface area contributed by atoms with Crippen molar-refractivity contribution in [2.75, 3.05) is 27.2 Å². The van der Waals surface area contributed by atoms with E-state index in [0.717, 1.165) is 25.1 Å². The number of primary amides is 1. The molecule has 1 aromatic heterocycles. The van der Waals surface area contributed by atoms with Gasteiger partial charge in [0.05, 0.1) is 5.92 Å². The number of nitrogens with zero attached hydrogens (tertiary/aromatic N) is 2. The quantitative estimate of drug-likeness (QED) is 0.769. The van der Waals surface area contributed by atoms with E-state index in [9.17, 15) is 4.79 Å². The number of carbonyl (C=O) groups is 1. The Morgan fingerprint density at radius 3 is 2.68 bits per heavy atom. The molecule has 1 heterocycles. The van der Waals surface area contributed by atoms with Crippen LogP contribution in [0.15, 0.2) is 30.5 Å². The third-order valence-electron chi connectivity index (χ3n) is 4.03. The summed E-state index contributed by atoms with van der Waals surface area (Å²) in [5, 5.41) is 1.19. The fourth-order valence-electron chi connectivity index (χ4n) is 2.79. The highest BCUT2D eigenvalue weighted by Gasteiger charge is 2.17. The first kappa shape index (κ1) is 16.5. The fourth-order valence-corrected chi connectivity index (χ4v) is 2.79. The molecule has 0 radical (unpaired) electrons. The maximum atomic E-state index is 11.5. The van der Waals surface area contributed by atoms with Gasteiger partial charge < -0.3 is 20.9 Å². The summed E-state index contributed by atoms with van der Waals surface area (Å²) >= 11 is 0. The minimum atomic E-state index is -0.327. The van der Waals surface area contributed by atoms with Gasteiger partial charge in [-0.2, -0.15) is 0 Å². The van der Waals surface area contributed by atoms with E-state index in [4.69, 9.17) is 11.5 Å². The predicted octanol–water partition coefficient (Wildman–Crippen LogP) is 1.20. The molecule has 0 saturated carbocycles. The van der Waals surface area contributed by atoms with Gasteiger partial charge >= 0.3 is 0 Å². The van der Waals surface area contributed by atoms with Crippen LogP contribution in [0.1, 0.15) is 12.0 Å². The van der Waals surface area contributed by atoms with Crippen molar-refractivity contribution >= 4 is 16.8 Å². The number of fused-ring (bicyclic) bond motifs is 1. The lowest BCUT2D eigenvalue weighted by Gasteiger charge is -2.10. The van der Waals surface area contributed by atoms with E-state index in [1.54, 1.807) is 0 Å². The molecule has 0 fully saturated rings. The van der Waals surface area contributed by atoms with Crippen LogP contribution in [0.2, 0.25) is 0 Å². The highest BCUT2D eigenvalue weighted by molar-refractivity contribution is 5.85. The number of hydrogen-bond donors (Lipinski definition) is 2. The van der Waals surface area contributed by atoms with Crippen LogP contribution in [0, 0.1) is 5.92 Å². The van der Waals surface area contributed by atoms with E-state index in [1.807, 2.05) is 12.1 Å². The maximum Gasteiger partial charge on any atom is 0.222 e. The number of rotatable bonds is 8. The molecule has 0 bridgehead atoms. The Labute approximate surface area is 131 Å². The lowest BCUT2D eigenvalue weighted by molar-refractivity contribution is -0.121. The molecule has 22 heavy (non-hydrogen) atoms. The average molecular weight is 302 g/mol. The summed E-state index contributed by atoms with van der Waals surface area (Å²) < 4.78 is 2.27. The van der Waals surface area contributed by atoms with E-state index in [1.165, 1.54) is 10.9 Å². The van der Waals surface area contributed by atoms with Gasteiger partial charge in [-0.25, -0.2) is 0 Å². The number of amides is 1. The largest absolute Gasteiger partial charge is 0.369 e. The minimum Gasteiger partial charge on any atom is -0.369 e. The molecule has 5 nitrogen and oxygen atoms in total. The Balaban J connectivity index is 2.25. The lowest BCUT2D eigenvalue weighted by Crippen LogP contribution is -2.31. The summed E-state index contributed by atoms with van der Waals surface area (Å²) in [6.45, 7) is 2.30. The van der Waals surface area contributed by atoms with Gasteiger partial charge in [-0.05, 0) is 45.1 Å². The molecule has 0 aliphatic rings. The van der Waals surface area contributed by atoms with Crippen LogP contribution in [0.4, 0.5) is 0 Å². The Morgan fingerprint density at radius 2 is 2.05 bits per heavy atom. The third kappa shape index (κ3) is 3.87. The molecule has 0 saturated heterocycles. The number of aromatic nitrogens is 1. The Bertz CT molecular complexity index is 633. The van der Waals surface area contributed by atoms with E-state index >= 15 is 0 Å². The Hall–Kier alpha value is -1.85. The summed E-state index contributed by atoms with van der Waals surface area (Å²) in [6.07, 6.45) is 3.83. The van der Waals surface area contributed by atoms with Crippen LogP contribution < -0.4 is 11.5 Å². The second-order valence-electron chi connectivity index (χ2n) is 6.06. The van der Waals surface area contributed by atoms with Crippen molar-refractivity contribution in [1.82, 2.24) is 9.47 Å². The van der Waals surface area contributed by atoms with Crippen LogP contribution in [-0.4, -0.2) is 42.6 Å². The van der Waals surface area contributed by atoms with Crippen molar-refractivity contribution in [3.63, 3.8) is 0 Å². The Morgan fingerprint density at radius 1 is 1.32 bits per heavy atom. The summed E-state index contributed by atoms with van der Waals surface area (Å²) in [7, 11) is 4.16. The number of nitrogens with two attached hydrogens (primary N) is 2. The smallest absolute Gasteiger partial charge is 0.222 e. The molecule has 0 aliphatic carbocycles. The zero-order valence-electron chi connectivity index (χ0n) is 13.5. The monoisotopic (exact) mass is 302 g/mol. The SMILES string of the molecule is CN(C)CCCn1cc(CC(CN)C(N)=O)c2ccccc21. The van der Waals surface area contributed by atoms with Gasteiger partial charge in [0.2, 0.25) is 5.91 Å². The van der Waals surface area contributed by atoms with E-state index in [-0.39, 0.29) is 18.4 Å². The second-order valence-corrected chi connectivity index (χ2v) is 6.06. The van der Waals surface area contributed by atoms with Crippen LogP contribution in [0.3, 0.4) is 0 Å². The molecule has 0 aliphatic heterocycles. The maximum absolute atomic E-state index is 11.5. The Kier molecular flexibility index (Phi) is 5.57. The molecule has 0 spiro atoms. The highest BCUT2D eigenvalue weighted by atomic mass is 16.1. The van der Waals surface area contributed by atoms with Gasteiger partial charge in [-0.15, -0.1) is 0 Å². The van der Waals surface area contributed by atoms with E-state index in [2.05, 4.69) is 41.9 Å². The first-order valence-corrected chi connectivity index (χ1v) is 7.73. The van der Waals surface area contributed by atoms with Crippen LogP contribution in [-0.2, 0) is 17.8 Å². The number of hydrogen-bond acceptors (Lipinski definition) is 3. The van der Waals surface area contributed by atoms with Crippen LogP contribution >= 0.6 is 0 Å². The van der Waals surface area contributed by atoms with Gasteiger partial charge in [-0.3, -0.25) is 4.79 Å².